The molecule has 84 valence electrons. The second-order valence-corrected chi connectivity index (χ2v) is 6.31. The third-order valence-electron chi connectivity index (χ3n) is 2.69. The summed E-state index contributed by atoms with van der Waals surface area (Å²) >= 11 is 10.8. The van der Waals surface area contributed by atoms with Gasteiger partial charge in [0, 0.05) is 15.4 Å². The zero-order chi connectivity index (χ0) is 10.8. The molecule has 2 nitrogen and oxygen atoms in total. The number of piperidine rings is 1. The average Bonchev–Trinajstić information content (AvgIpc) is 2.59. The van der Waals surface area contributed by atoms with Crippen LogP contribution in [0.5, 0.6) is 0 Å². The smallest absolute Gasteiger partial charge is 0.107 e. The highest BCUT2D eigenvalue weighted by Crippen LogP contribution is 2.37. The van der Waals surface area contributed by atoms with Gasteiger partial charge in [-0.15, -0.1) is 11.3 Å². The lowest BCUT2D eigenvalue weighted by Gasteiger charge is -2.27. The van der Waals surface area contributed by atoms with Gasteiger partial charge in [0.15, 0.2) is 0 Å². The van der Waals surface area contributed by atoms with Crippen molar-refractivity contribution in [2.45, 2.75) is 31.4 Å². The molecular weight excluding hydrogens is 298 g/mol. The first-order chi connectivity index (χ1) is 7.18. The van der Waals surface area contributed by atoms with E-state index < -0.39 is 6.10 Å². The van der Waals surface area contributed by atoms with Crippen molar-refractivity contribution in [2.24, 2.45) is 0 Å². The van der Waals surface area contributed by atoms with Crippen molar-refractivity contribution in [1.82, 2.24) is 5.32 Å². The second kappa shape index (κ2) is 5.15. The van der Waals surface area contributed by atoms with E-state index in [9.17, 15) is 5.11 Å². The van der Waals surface area contributed by atoms with E-state index in [1.54, 1.807) is 0 Å². The first-order valence-corrected chi connectivity index (χ1v) is 7.03. The summed E-state index contributed by atoms with van der Waals surface area (Å²) in [6.07, 6.45) is 3.00. The van der Waals surface area contributed by atoms with Crippen molar-refractivity contribution in [2.75, 3.05) is 6.54 Å². The van der Waals surface area contributed by atoms with Crippen LogP contribution in [0.4, 0.5) is 0 Å². The van der Waals surface area contributed by atoms with Gasteiger partial charge in [-0.05, 0) is 41.4 Å². The predicted molar refractivity (Wildman–Crippen MR) is 67.6 cm³/mol. The molecule has 1 saturated heterocycles. The minimum absolute atomic E-state index is 0.181. The summed E-state index contributed by atoms with van der Waals surface area (Å²) < 4.78 is 1.58. The molecule has 1 fully saturated rings. The third kappa shape index (κ3) is 2.74. The topological polar surface area (TPSA) is 32.3 Å². The molecule has 1 aliphatic rings. The van der Waals surface area contributed by atoms with Crippen molar-refractivity contribution in [3.8, 4) is 0 Å². The largest absolute Gasteiger partial charge is 0.386 e. The minimum Gasteiger partial charge on any atom is -0.386 e. The van der Waals surface area contributed by atoms with Crippen LogP contribution in [0, 0.1) is 0 Å². The molecule has 2 rings (SSSR count). The van der Waals surface area contributed by atoms with Gasteiger partial charge in [-0.1, -0.05) is 18.0 Å². The summed E-state index contributed by atoms with van der Waals surface area (Å²) in [5.74, 6) is 0. The molecule has 5 heteroatoms. The molecule has 2 unspecified atom stereocenters. The van der Waals surface area contributed by atoms with Crippen molar-refractivity contribution in [3.05, 3.63) is 19.8 Å². The SMILES string of the molecule is OC(c1cc(Br)c(Cl)s1)C1CCCCN1. The van der Waals surface area contributed by atoms with Crippen molar-refractivity contribution in [1.29, 1.82) is 0 Å². The summed E-state index contributed by atoms with van der Waals surface area (Å²) in [5, 5.41) is 13.5. The number of hydrogen-bond donors (Lipinski definition) is 2. The predicted octanol–water partition coefficient (Wildman–Crippen LogP) is 3.34. The molecule has 0 bridgehead atoms. The lowest BCUT2D eigenvalue weighted by atomic mass is 9.99. The van der Waals surface area contributed by atoms with E-state index in [0.29, 0.717) is 4.34 Å². The molecule has 1 aliphatic heterocycles. The fraction of sp³-hybridized carbons (Fsp3) is 0.600. The summed E-state index contributed by atoms with van der Waals surface area (Å²) in [4.78, 5) is 0.936. The first-order valence-electron chi connectivity index (χ1n) is 5.04. The Morgan fingerprint density at radius 1 is 1.60 bits per heavy atom. The number of nitrogens with one attached hydrogen (secondary N) is 1. The first kappa shape index (κ1) is 11.9. The lowest BCUT2D eigenvalue weighted by Crippen LogP contribution is -2.38. The summed E-state index contributed by atoms with van der Waals surface area (Å²) in [6, 6.07) is 2.09. The van der Waals surface area contributed by atoms with Crippen LogP contribution in [-0.2, 0) is 0 Å². The number of aliphatic hydroxyl groups is 1. The van der Waals surface area contributed by atoms with Crippen LogP contribution in [0.25, 0.3) is 0 Å². The highest BCUT2D eigenvalue weighted by molar-refractivity contribution is 9.10. The molecule has 2 atom stereocenters. The Hall–Kier alpha value is 0.390. The number of aliphatic hydroxyl groups excluding tert-OH is 1. The average molecular weight is 311 g/mol. The van der Waals surface area contributed by atoms with Crippen LogP contribution in [0.3, 0.4) is 0 Å². The maximum Gasteiger partial charge on any atom is 0.107 e. The van der Waals surface area contributed by atoms with Crippen LogP contribution >= 0.6 is 38.9 Å². The van der Waals surface area contributed by atoms with Gasteiger partial charge in [-0.2, -0.15) is 0 Å². The highest BCUT2D eigenvalue weighted by Gasteiger charge is 2.24. The monoisotopic (exact) mass is 309 g/mol. The highest BCUT2D eigenvalue weighted by atomic mass is 79.9. The Morgan fingerprint density at radius 2 is 2.40 bits per heavy atom. The van der Waals surface area contributed by atoms with Gasteiger partial charge in [-0.3, -0.25) is 0 Å². The zero-order valence-electron chi connectivity index (χ0n) is 8.17. The third-order valence-corrected chi connectivity index (χ3v) is 5.23. The van der Waals surface area contributed by atoms with E-state index in [4.69, 9.17) is 11.6 Å². The van der Waals surface area contributed by atoms with Crippen LogP contribution in [0.15, 0.2) is 10.5 Å². The van der Waals surface area contributed by atoms with Crippen molar-refractivity contribution >= 4 is 38.9 Å². The number of halogens is 2. The molecule has 2 N–H and O–H groups in total. The minimum atomic E-state index is -0.431. The Kier molecular flexibility index (Phi) is 4.07. The molecule has 0 aromatic carbocycles. The van der Waals surface area contributed by atoms with Gasteiger partial charge in [0.25, 0.3) is 0 Å². The maximum absolute atomic E-state index is 10.2. The molecule has 0 spiro atoms. The lowest BCUT2D eigenvalue weighted by molar-refractivity contribution is 0.117. The van der Waals surface area contributed by atoms with Gasteiger partial charge in [-0.25, -0.2) is 0 Å². The molecule has 1 aromatic rings. The van der Waals surface area contributed by atoms with Gasteiger partial charge < -0.3 is 10.4 Å². The summed E-state index contributed by atoms with van der Waals surface area (Å²) in [7, 11) is 0. The summed E-state index contributed by atoms with van der Waals surface area (Å²) in [5.41, 5.74) is 0. The molecule has 0 saturated carbocycles. The Bertz CT molecular complexity index is 319. The molecule has 0 amide bonds. The van der Waals surface area contributed by atoms with Gasteiger partial charge >= 0.3 is 0 Å². The Labute approximate surface area is 107 Å². The summed E-state index contributed by atoms with van der Waals surface area (Å²) in [6.45, 7) is 1.00. The van der Waals surface area contributed by atoms with E-state index in [0.717, 1.165) is 22.3 Å². The normalized spacial score (nSPS) is 24.1. The van der Waals surface area contributed by atoms with Gasteiger partial charge in [0.2, 0.25) is 0 Å². The van der Waals surface area contributed by atoms with Crippen LogP contribution in [0.2, 0.25) is 4.34 Å². The Balaban J connectivity index is 2.08. The molecule has 0 aliphatic carbocycles. The van der Waals surface area contributed by atoms with E-state index >= 15 is 0 Å². The molecule has 0 radical (unpaired) electrons. The van der Waals surface area contributed by atoms with Crippen LogP contribution in [0.1, 0.15) is 30.2 Å². The molecular formula is C10H13BrClNOS. The number of hydrogen-bond acceptors (Lipinski definition) is 3. The number of rotatable bonds is 2. The fourth-order valence-corrected chi connectivity index (χ4v) is 3.64. The van der Waals surface area contributed by atoms with E-state index in [1.807, 2.05) is 6.07 Å². The van der Waals surface area contributed by atoms with Crippen LogP contribution in [-0.4, -0.2) is 17.7 Å². The molecule has 2 heterocycles. The van der Waals surface area contributed by atoms with E-state index in [2.05, 4.69) is 21.2 Å². The van der Waals surface area contributed by atoms with E-state index in [-0.39, 0.29) is 6.04 Å². The fourth-order valence-electron chi connectivity index (χ4n) is 1.86. The standard InChI is InChI=1S/C10H13BrClNOS/c11-6-5-8(15-10(6)12)9(14)7-3-1-2-4-13-7/h5,7,9,13-14H,1-4H2. The van der Waals surface area contributed by atoms with Crippen molar-refractivity contribution in [3.63, 3.8) is 0 Å². The molecule has 1 aromatic heterocycles. The van der Waals surface area contributed by atoms with E-state index in [1.165, 1.54) is 24.2 Å². The van der Waals surface area contributed by atoms with Gasteiger partial charge in [0.1, 0.15) is 10.4 Å². The number of thiophene rings is 1. The Morgan fingerprint density at radius 3 is 2.93 bits per heavy atom. The molecule has 15 heavy (non-hydrogen) atoms. The van der Waals surface area contributed by atoms with Crippen molar-refractivity contribution < 1.29 is 5.11 Å². The zero-order valence-corrected chi connectivity index (χ0v) is 11.3. The van der Waals surface area contributed by atoms with Crippen LogP contribution < -0.4 is 5.32 Å². The van der Waals surface area contributed by atoms with Gasteiger partial charge in [0.05, 0.1) is 0 Å². The second-order valence-electron chi connectivity index (χ2n) is 3.77. The quantitative estimate of drug-likeness (QED) is 0.878. The maximum atomic E-state index is 10.2.